The minimum Gasteiger partial charge on any atom is -0.311 e. The zero-order valence-corrected chi connectivity index (χ0v) is 15.9. The molecular formula is C22H39N. The van der Waals surface area contributed by atoms with Crippen LogP contribution in [0.15, 0.2) is 30.3 Å². The zero-order valence-electron chi connectivity index (χ0n) is 15.9. The molecule has 0 bridgehead atoms. The summed E-state index contributed by atoms with van der Waals surface area (Å²) in [5.74, 6) is 0. The molecule has 0 aliphatic heterocycles. The first-order valence-corrected chi connectivity index (χ1v) is 9.93. The molecule has 0 unspecified atom stereocenters. The smallest absolute Gasteiger partial charge is 0.0165 e. The lowest BCUT2D eigenvalue weighted by molar-refractivity contribution is 0.379. The Morgan fingerprint density at radius 2 is 1.26 bits per heavy atom. The summed E-state index contributed by atoms with van der Waals surface area (Å²) in [6.45, 7) is 8.07. The van der Waals surface area contributed by atoms with E-state index in [1.54, 1.807) is 0 Å². The summed E-state index contributed by atoms with van der Waals surface area (Å²) >= 11 is 0. The van der Waals surface area contributed by atoms with Gasteiger partial charge in [0.25, 0.3) is 0 Å². The number of benzene rings is 1. The average molecular weight is 318 g/mol. The van der Waals surface area contributed by atoms with Gasteiger partial charge in [-0.05, 0) is 38.8 Å². The molecule has 0 saturated carbocycles. The lowest BCUT2D eigenvalue weighted by Crippen LogP contribution is -2.41. The van der Waals surface area contributed by atoms with E-state index in [2.05, 4.69) is 56.4 Å². The fourth-order valence-corrected chi connectivity index (χ4v) is 3.21. The van der Waals surface area contributed by atoms with Gasteiger partial charge in [-0.25, -0.2) is 0 Å². The van der Waals surface area contributed by atoms with Crippen LogP contribution >= 0.6 is 0 Å². The van der Waals surface area contributed by atoms with Crippen molar-refractivity contribution in [2.24, 2.45) is 0 Å². The lowest BCUT2D eigenvalue weighted by Gasteiger charge is -2.26. The highest BCUT2D eigenvalue weighted by Gasteiger charge is 2.16. The van der Waals surface area contributed by atoms with Crippen molar-refractivity contribution < 1.29 is 0 Å². The molecule has 1 heteroatoms. The normalized spacial score (nSPS) is 11.8. The number of hydrogen-bond acceptors (Lipinski definition) is 1. The van der Waals surface area contributed by atoms with Crippen LogP contribution in [0.25, 0.3) is 0 Å². The minimum atomic E-state index is 0.195. The Morgan fingerprint density at radius 1 is 0.739 bits per heavy atom. The topological polar surface area (TPSA) is 12.0 Å². The summed E-state index contributed by atoms with van der Waals surface area (Å²) in [5, 5.41) is 3.73. The first-order valence-electron chi connectivity index (χ1n) is 9.93. The molecule has 0 fully saturated rings. The molecule has 132 valence electrons. The average Bonchev–Trinajstić information content (AvgIpc) is 2.53. The Bertz CT molecular complexity index is 369. The van der Waals surface area contributed by atoms with Crippen LogP contribution in [-0.4, -0.2) is 12.1 Å². The maximum absolute atomic E-state index is 3.73. The maximum Gasteiger partial charge on any atom is 0.0165 e. The van der Waals surface area contributed by atoms with Crippen molar-refractivity contribution in [1.29, 1.82) is 0 Å². The van der Waals surface area contributed by atoms with Gasteiger partial charge in [0.15, 0.2) is 0 Å². The summed E-state index contributed by atoms with van der Waals surface area (Å²) in [7, 11) is 0. The molecule has 1 aromatic carbocycles. The Morgan fingerprint density at radius 3 is 1.83 bits per heavy atom. The molecule has 0 atom stereocenters. The Balaban J connectivity index is 1.95. The van der Waals surface area contributed by atoms with Crippen LogP contribution < -0.4 is 5.32 Å². The summed E-state index contributed by atoms with van der Waals surface area (Å²) in [6.07, 6.45) is 15.2. The molecule has 0 amide bonds. The molecule has 1 N–H and O–H groups in total. The molecule has 0 heterocycles. The van der Waals surface area contributed by atoms with E-state index in [-0.39, 0.29) is 5.54 Å². The van der Waals surface area contributed by atoms with Gasteiger partial charge in [-0.15, -0.1) is 0 Å². The molecule has 1 aromatic rings. The largest absolute Gasteiger partial charge is 0.311 e. The van der Waals surface area contributed by atoms with Crippen molar-refractivity contribution in [2.45, 2.75) is 96.9 Å². The van der Waals surface area contributed by atoms with E-state index in [1.165, 1.54) is 69.8 Å². The van der Waals surface area contributed by atoms with Crippen molar-refractivity contribution in [3.8, 4) is 0 Å². The summed E-state index contributed by atoms with van der Waals surface area (Å²) < 4.78 is 0. The minimum absolute atomic E-state index is 0.195. The third-order valence-electron chi connectivity index (χ3n) is 4.62. The van der Waals surface area contributed by atoms with Gasteiger partial charge in [-0.1, -0.05) is 95.0 Å². The van der Waals surface area contributed by atoms with Gasteiger partial charge in [0.1, 0.15) is 0 Å². The van der Waals surface area contributed by atoms with Crippen LogP contribution in [0.5, 0.6) is 0 Å². The Hall–Kier alpha value is -0.820. The number of nitrogens with one attached hydrogen (secondary N) is 1. The molecule has 1 nitrogen and oxygen atoms in total. The van der Waals surface area contributed by atoms with Gasteiger partial charge in [-0.2, -0.15) is 0 Å². The fraction of sp³-hybridized carbons (Fsp3) is 0.727. The predicted molar refractivity (Wildman–Crippen MR) is 104 cm³/mol. The lowest BCUT2D eigenvalue weighted by atomic mass is 9.95. The first-order chi connectivity index (χ1) is 11.1. The zero-order chi connectivity index (χ0) is 16.8. The molecule has 0 saturated heterocycles. The highest BCUT2D eigenvalue weighted by Crippen LogP contribution is 2.13. The molecule has 0 radical (unpaired) electrons. The summed E-state index contributed by atoms with van der Waals surface area (Å²) in [4.78, 5) is 0. The predicted octanol–water partition coefficient (Wildman–Crippen LogP) is 6.52. The quantitative estimate of drug-likeness (QED) is 0.385. The van der Waals surface area contributed by atoms with Crippen LogP contribution in [0.2, 0.25) is 0 Å². The van der Waals surface area contributed by atoms with Crippen molar-refractivity contribution in [1.82, 2.24) is 5.32 Å². The summed E-state index contributed by atoms with van der Waals surface area (Å²) in [6, 6.07) is 10.8. The van der Waals surface area contributed by atoms with E-state index in [0.717, 1.165) is 13.0 Å². The van der Waals surface area contributed by atoms with Gasteiger partial charge in [0.05, 0.1) is 0 Å². The van der Waals surface area contributed by atoms with Crippen molar-refractivity contribution in [3.05, 3.63) is 35.9 Å². The second kappa shape index (κ2) is 12.6. The summed E-state index contributed by atoms with van der Waals surface area (Å²) in [5.41, 5.74) is 1.62. The number of hydrogen-bond donors (Lipinski definition) is 1. The van der Waals surface area contributed by atoms with Gasteiger partial charge < -0.3 is 5.32 Å². The van der Waals surface area contributed by atoms with Crippen molar-refractivity contribution in [2.75, 3.05) is 6.54 Å². The number of rotatable bonds is 14. The van der Waals surface area contributed by atoms with Crippen LogP contribution in [0.1, 0.15) is 90.5 Å². The maximum atomic E-state index is 3.73. The van der Waals surface area contributed by atoms with Crippen LogP contribution in [0.3, 0.4) is 0 Å². The van der Waals surface area contributed by atoms with Gasteiger partial charge in [0.2, 0.25) is 0 Å². The molecule has 0 aliphatic rings. The van der Waals surface area contributed by atoms with Crippen molar-refractivity contribution >= 4 is 0 Å². The third kappa shape index (κ3) is 11.4. The second-order valence-corrected chi connectivity index (χ2v) is 7.66. The SMILES string of the molecule is CCCCCCCCCCCCNC(C)(C)Cc1ccccc1. The standard InChI is InChI=1S/C22H39N/c1-4-5-6-7-8-9-10-11-12-16-19-23-22(2,3)20-21-17-14-13-15-18-21/h13-15,17-18,23H,4-12,16,19-20H2,1-3H3. The van der Waals surface area contributed by atoms with E-state index < -0.39 is 0 Å². The van der Waals surface area contributed by atoms with E-state index in [0.29, 0.717) is 0 Å². The monoisotopic (exact) mass is 317 g/mol. The highest BCUT2D eigenvalue weighted by molar-refractivity contribution is 5.17. The first kappa shape index (κ1) is 20.2. The molecule has 0 spiro atoms. The van der Waals surface area contributed by atoms with Crippen LogP contribution in [-0.2, 0) is 6.42 Å². The van der Waals surface area contributed by atoms with E-state index in [4.69, 9.17) is 0 Å². The van der Waals surface area contributed by atoms with Crippen molar-refractivity contribution in [3.63, 3.8) is 0 Å². The fourth-order valence-electron chi connectivity index (χ4n) is 3.21. The third-order valence-corrected chi connectivity index (χ3v) is 4.62. The van der Waals surface area contributed by atoms with Crippen LogP contribution in [0.4, 0.5) is 0 Å². The molecular weight excluding hydrogens is 278 g/mol. The molecule has 1 rings (SSSR count). The van der Waals surface area contributed by atoms with E-state index in [1.807, 2.05) is 0 Å². The van der Waals surface area contributed by atoms with Gasteiger partial charge >= 0.3 is 0 Å². The molecule has 0 aromatic heterocycles. The molecule has 23 heavy (non-hydrogen) atoms. The van der Waals surface area contributed by atoms with E-state index in [9.17, 15) is 0 Å². The van der Waals surface area contributed by atoms with E-state index >= 15 is 0 Å². The van der Waals surface area contributed by atoms with Gasteiger partial charge in [0, 0.05) is 5.54 Å². The van der Waals surface area contributed by atoms with Gasteiger partial charge in [-0.3, -0.25) is 0 Å². The highest BCUT2D eigenvalue weighted by atomic mass is 14.9. The second-order valence-electron chi connectivity index (χ2n) is 7.66. The number of unbranched alkanes of at least 4 members (excludes halogenated alkanes) is 9. The molecule has 0 aliphatic carbocycles. The van der Waals surface area contributed by atoms with Crippen LogP contribution in [0, 0.1) is 0 Å². The Labute approximate surface area is 145 Å². The Kier molecular flexibility index (Phi) is 11.1.